The monoisotopic (exact) mass is 301 g/mol. The molecule has 1 saturated carbocycles. The topological polar surface area (TPSA) is 49.3 Å². The van der Waals surface area contributed by atoms with Gasteiger partial charge in [-0.2, -0.15) is 0 Å². The molecule has 110 valence electrons. The highest BCUT2D eigenvalue weighted by atomic mass is 32.2. The molecule has 0 spiro atoms. The average Bonchev–Trinajstić information content (AvgIpc) is 2.43. The molecule has 0 saturated heterocycles. The van der Waals surface area contributed by atoms with Gasteiger partial charge >= 0.3 is 5.97 Å². The first kappa shape index (κ1) is 15.3. The van der Waals surface area contributed by atoms with Crippen LogP contribution in [0.15, 0.2) is 23.1 Å². The molecular weight excluding hydrogens is 284 g/mol. The Kier molecular flexibility index (Phi) is 4.65. The van der Waals surface area contributed by atoms with Crippen molar-refractivity contribution in [3.05, 3.63) is 29.8 Å². The van der Waals surface area contributed by atoms with Crippen molar-refractivity contribution in [2.75, 3.05) is 7.05 Å². The van der Waals surface area contributed by atoms with E-state index in [1.165, 1.54) is 17.8 Å². The number of hydrogen-bond acceptors (Lipinski definition) is 3. The minimum atomic E-state index is -0.908. The van der Waals surface area contributed by atoms with E-state index in [0.29, 0.717) is 17.7 Å². The summed E-state index contributed by atoms with van der Waals surface area (Å²) < 4.78 is 26.1. The maximum absolute atomic E-state index is 13.2. The molecule has 1 aromatic carbocycles. The van der Waals surface area contributed by atoms with Crippen molar-refractivity contribution < 1.29 is 18.7 Å². The summed E-state index contributed by atoms with van der Waals surface area (Å²) in [4.78, 5) is 12.1. The van der Waals surface area contributed by atoms with Gasteiger partial charge in [0.15, 0.2) is 11.6 Å². The molecule has 0 aliphatic heterocycles. The molecule has 0 amide bonds. The fourth-order valence-corrected chi connectivity index (χ4v) is 3.95. The molecule has 2 rings (SSSR count). The van der Waals surface area contributed by atoms with Gasteiger partial charge in [0.25, 0.3) is 0 Å². The Morgan fingerprint density at radius 1 is 1.45 bits per heavy atom. The lowest BCUT2D eigenvalue weighted by Crippen LogP contribution is -2.53. The van der Waals surface area contributed by atoms with Crippen LogP contribution >= 0.6 is 11.8 Å². The molecule has 6 heteroatoms. The van der Waals surface area contributed by atoms with E-state index in [1.807, 2.05) is 0 Å². The zero-order valence-corrected chi connectivity index (χ0v) is 12.0. The molecule has 0 aromatic heterocycles. The van der Waals surface area contributed by atoms with Gasteiger partial charge in [-0.1, -0.05) is 0 Å². The summed E-state index contributed by atoms with van der Waals surface area (Å²) in [5.74, 6) is -2.59. The molecule has 0 heterocycles. The molecule has 0 radical (unpaired) electrons. The standard InChI is InChI=1S/C14H17F2NO2S/c1-17-14(13(18)19)6-2-3-10(8-14)20-9-4-5-11(15)12(16)7-9/h4-5,7,10,17H,2-3,6,8H2,1H3,(H,18,19). The number of rotatable bonds is 4. The van der Waals surface area contributed by atoms with Crippen LogP contribution in [0.4, 0.5) is 8.78 Å². The fraction of sp³-hybridized carbons (Fsp3) is 0.500. The first-order chi connectivity index (χ1) is 9.47. The van der Waals surface area contributed by atoms with E-state index in [9.17, 15) is 18.7 Å². The van der Waals surface area contributed by atoms with Crippen molar-refractivity contribution in [3.63, 3.8) is 0 Å². The van der Waals surface area contributed by atoms with Gasteiger partial charge in [-0.05, 0) is 50.9 Å². The second kappa shape index (κ2) is 6.10. The average molecular weight is 301 g/mol. The smallest absolute Gasteiger partial charge is 0.323 e. The molecule has 0 bridgehead atoms. The van der Waals surface area contributed by atoms with Crippen LogP contribution in [0.25, 0.3) is 0 Å². The van der Waals surface area contributed by atoms with Crippen molar-refractivity contribution in [2.45, 2.75) is 41.4 Å². The highest BCUT2D eigenvalue weighted by molar-refractivity contribution is 8.00. The van der Waals surface area contributed by atoms with Crippen molar-refractivity contribution in [1.82, 2.24) is 5.32 Å². The SMILES string of the molecule is CNC1(C(=O)O)CCCC(Sc2ccc(F)c(F)c2)C1. The number of carbonyl (C=O) groups is 1. The predicted molar refractivity (Wildman–Crippen MR) is 73.9 cm³/mol. The summed E-state index contributed by atoms with van der Waals surface area (Å²) in [5, 5.41) is 12.4. The van der Waals surface area contributed by atoms with E-state index in [1.54, 1.807) is 7.05 Å². The zero-order valence-electron chi connectivity index (χ0n) is 11.2. The third-order valence-corrected chi connectivity index (χ3v) is 5.05. The van der Waals surface area contributed by atoms with Crippen LogP contribution in [0.1, 0.15) is 25.7 Å². The normalized spacial score (nSPS) is 26.4. The minimum Gasteiger partial charge on any atom is -0.480 e. The van der Waals surface area contributed by atoms with Crippen LogP contribution in [-0.4, -0.2) is 28.9 Å². The van der Waals surface area contributed by atoms with E-state index >= 15 is 0 Å². The number of carboxylic acids is 1. The van der Waals surface area contributed by atoms with Crippen molar-refractivity contribution >= 4 is 17.7 Å². The van der Waals surface area contributed by atoms with Crippen molar-refractivity contribution in [3.8, 4) is 0 Å². The first-order valence-electron chi connectivity index (χ1n) is 6.51. The van der Waals surface area contributed by atoms with Crippen LogP contribution in [0, 0.1) is 11.6 Å². The van der Waals surface area contributed by atoms with E-state index in [4.69, 9.17) is 0 Å². The molecule has 1 aromatic rings. The molecule has 1 aliphatic rings. The predicted octanol–water partition coefficient (Wildman–Crippen LogP) is 3.04. The van der Waals surface area contributed by atoms with Crippen LogP contribution in [0.5, 0.6) is 0 Å². The third kappa shape index (κ3) is 3.12. The van der Waals surface area contributed by atoms with E-state index in [0.717, 1.165) is 25.0 Å². The second-order valence-corrected chi connectivity index (χ2v) is 6.42. The number of halogens is 2. The lowest BCUT2D eigenvalue weighted by atomic mass is 9.81. The number of likely N-dealkylation sites (N-methyl/N-ethyl adjacent to an activating group) is 1. The maximum atomic E-state index is 13.2. The number of thioether (sulfide) groups is 1. The summed E-state index contributed by atoms with van der Waals surface area (Å²) >= 11 is 1.41. The number of benzene rings is 1. The van der Waals surface area contributed by atoms with Gasteiger partial charge in [-0.25, -0.2) is 8.78 Å². The number of carboxylic acid groups (broad SMARTS) is 1. The molecule has 1 aliphatic carbocycles. The van der Waals surface area contributed by atoms with Gasteiger partial charge in [0.05, 0.1) is 0 Å². The van der Waals surface area contributed by atoms with Crippen LogP contribution in [-0.2, 0) is 4.79 Å². The van der Waals surface area contributed by atoms with Gasteiger partial charge in [0.2, 0.25) is 0 Å². The van der Waals surface area contributed by atoms with E-state index in [-0.39, 0.29) is 5.25 Å². The molecule has 2 N–H and O–H groups in total. The summed E-state index contributed by atoms with van der Waals surface area (Å²) in [6.07, 6.45) is 2.74. The Balaban J connectivity index is 2.09. The highest BCUT2D eigenvalue weighted by Gasteiger charge is 2.41. The Morgan fingerprint density at radius 2 is 2.20 bits per heavy atom. The van der Waals surface area contributed by atoms with Gasteiger partial charge in [0, 0.05) is 10.1 Å². The molecule has 2 atom stereocenters. The Hall–Kier alpha value is -1.14. The van der Waals surface area contributed by atoms with Crippen LogP contribution < -0.4 is 5.32 Å². The number of aliphatic carboxylic acids is 1. The molecule has 1 fully saturated rings. The third-order valence-electron chi connectivity index (χ3n) is 3.79. The maximum Gasteiger partial charge on any atom is 0.323 e. The van der Waals surface area contributed by atoms with E-state index in [2.05, 4.69) is 5.32 Å². The summed E-state index contributed by atoms with van der Waals surface area (Å²) in [7, 11) is 1.65. The minimum absolute atomic E-state index is 0.0807. The summed E-state index contributed by atoms with van der Waals surface area (Å²) in [6.45, 7) is 0. The van der Waals surface area contributed by atoms with Gasteiger partial charge in [0.1, 0.15) is 5.54 Å². The Morgan fingerprint density at radius 3 is 2.80 bits per heavy atom. The van der Waals surface area contributed by atoms with Gasteiger partial charge in [-0.15, -0.1) is 11.8 Å². The summed E-state index contributed by atoms with van der Waals surface area (Å²) in [5.41, 5.74) is -0.908. The first-order valence-corrected chi connectivity index (χ1v) is 7.39. The quantitative estimate of drug-likeness (QED) is 0.897. The van der Waals surface area contributed by atoms with Crippen molar-refractivity contribution in [1.29, 1.82) is 0 Å². The fourth-order valence-electron chi connectivity index (χ4n) is 2.60. The highest BCUT2D eigenvalue weighted by Crippen LogP contribution is 2.38. The number of hydrogen-bond donors (Lipinski definition) is 2. The Labute approximate surface area is 120 Å². The largest absolute Gasteiger partial charge is 0.480 e. The lowest BCUT2D eigenvalue weighted by molar-refractivity contribution is -0.146. The zero-order chi connectivity index (χ0) is 14.8. The molecule has 3 nitrogen and oxygen atoms in total. The lowest BCUT2D eigenvalue weighted by Gasteiger charge is -2.37. The Bertz CT molecular complexity index is 512. The molecule has 2 unspecified atom stereocenters. The van der Waals surface area contributed by atoms with Gasteiger partial charge < -0.3 is 10.4 Å². The van der Waals surface area contributed by atoms with Crippen LogP contribution in [0.3, 0.4) is 0 Å². The van der Waals surface area contributed by atoms with Crippen molar-refractivity contribution in [2.24, 2.45) is 0 Å². The molecular formula is C14H17F2NO2S. The van der Waals surface area contributed by atoms with Gasteiger partial charge in [-0.3, -0.25) is 4.79 Å². The number of nitrogens with one attached hydrogen (secondary N) is 1. The summed E-state index contributed by atoms with van der Waals surface area (Å²) in [6, 6.07) is 3.79. The second-order valence-electron chi connectivity index (χ2n) is 5.05. The molecule has 20 heavy (non-hydrogen) atoms. The van der Waals surface area contributed by atoms with Crippen LogP contribution in [0.2, 0.25) is 0 Å². The van der Waals surface area contributed by atoms with E-state index < -0.39 is 23.1 Å².